The second-order valence-electron chi connectivity index (χ2n) is 5.82. The van der Waals surface area contributed by atoms with E-state index in [0.717, 1.165) is 32.0 Å². The summed E-state index contributed by atoms with van der Waals surface area (Å²) in [6, 6.07) is 0.761. The zero-order chi connectivity index (χ0) is 13.3. The van der Waals surface area contributed by atoms with Gasteiger partial charge in [-0.2, -0.15) is 0 Å². The number of hydrogen-bond donors (Lipinski definition) is 1. The summed E-state index contributed by atoms with van der Waals surface area (Å²) in [6.07, 6.45) is 7.51. The summed E-state index contributed by atoms with van der Waals surface area (Å²) in [5.41, 5.74) is 1.13. The summed E-state index contributed by atoms with van der Waals surface area (Å²) in [7, 11) is 0. The third-order valence-corrected chi connectivity index (χ3v) is 5.59. The zero-order valence-corrected chi connectivity index (χ0v) is 12.8. The van der Waals surface area contributed by atoms with E-state index < -0.39 is 0 Å². The molecule has 106 valence electrons. The molecule has 2 aliphatic rings. The van der Waals surface area contributed by atoms with Gasteiger partial charge >= 0.3 is 0 Å². The Morgan fingerprint density at radius 3 is 2.74 bits per heavy atom. The highest BCUT2D eigenvalue weighted by molar-refractivity contribution is 7.11. The van der Waals surface area contributed by atoms with Crippen molar-refractivity contribution in [2.75, 3.05) is 6.61 Å². The Kier molecular flexibility index (Phi) is 3.92. The minimum absolute atomic E-state index is 0.0675. The molecular formula is C15H24N2OS. The highest BCUT2D eigenvalue weighted by Crippen LogP contribution is 2.44. The van der Waals surface area contributed by atoms with Gasteiger partial charge in [-0.25, -0.2) is 4.98 Å². The summed E-state index contributed by atoms with van der Waals surface area (Å²) >= 11 is 1.87. The average Bonchev–Trinajstić information content (AvgIpc) is 2.97. The van der Waals surface area contributed by atoms with Crippen molar-refractivity contribution in [1.29, 1.82) is 0 Å². The molecule has 1 heterocycles. The maximum Gasteiger partial charge on any atom is 0.125 e. The Morgan fingerprint density at radius 2 is 2.11 bits per heavy atom. The first-order valence-corrected chi connectivity index (χ1v) is 8.39. The third-order valence-electron chi connectivity index (χ3n) is 4.24. The van der Waals surface area contributed by atoms with E-state index in [1.165, 1.54) is 41.3 Å². The monoisotopic (exact) mass is 280 g/mol. The van der Waals surface area contributed by atoms with Crippen molar-refractivity contribution in [2.45, 2.75) is 70.6 Å². The van der Waals surface area contributed by atoms with Crippen LogP contribution in [-0.2, 0) is 16.9 Å². The molecule has 4 heteroatoms. The smallest absolute Gasteiger partial charge is 0.125 e. The van der Waals surface area contributed by atoms with Crippen LogP contribution < -0.4 is 5.32 Å². The lowest BCUT2D eigenvalue weighted by Crippen LogP contribution is -2.25. The van der Waals surface area contributed by atoms with E-state index in [0.29, 0.717) is 0 Å². The predicted molar refractivity (Wildman–Crippen MR) is 78.5 cm³/mol. The van der Waals surface area contributed by atoms with Crippen LogP contribution in [0.5, 0.6) is 0 Å². The van der Waals surface area contributed by atoms with Gasteiger partial charge in [0.15, 0.2) is 0 Å². The number of ether oxygens (including phenoxy) is 1. The normalized spacial score (nSPS) is 22.0. The summed E-state index contributed by atoms with van der Waals surface area (Å²) in [5.74, 6) is 0. The molecule has 1 N–H and O–H groups in total. The van der Waals surface area contributed by atoms with Gasteiger partial charge in [-0.3, -0.25) is 0 Å². The van der Waals surface area contributed by atoms with Gasteiger partial charge in [-0.05, 0) is 39.5 Å². The number of nitrogens with one attached hydrogen (secondary N) is 1. The fraction of sp³-hybridized carbons (Fsp3) is 0.800. The number of hydrogen-bond acceptors (Lipinski definition) is 4. The van der Waals surface area contributed by atoms with Crippen LogP contribution in [0, 0.1) is 6.92 Å². The summed E-state index contributed by atoms with van der Waals surface area (Å²) in [5, 5.41) is 4.81. The number of aromatic nitrogens is 1. The second kappa shape index (κ2) is 5.51. The highest BCUT2D eigenvalue weighted by atomic mass is 32.1. The van der Waals surface area contributed by atoms with Crippen molar-refractivity contribution in [3.05, 3.63) is 15.6 Å². The Hall–Kier alpha value is -0.450. The second-order valence-corrected chi connectivity index (χ2v) is 6.90. The van der Waals surface area contributed by atoms with Crippen LogP contribution in [0.2, 0.25) is 0 Å². The minimum atomic E-state index is -0.0675. The van der Waals surface area contributed by atoms with Crippen molar-refractivity contribution < 1.29 is 4.74 Å². The summed E-state index contributed by atoms with van der Waals surface area (Å²) in [6.45, 7) is 6.00. The van der Waals surface area contributed by atoms with Crippen LogP contribution >= 0.6 is 11.3 Å². The molecule has 2 saturated carbocycles. The lowest BCUT2D eigenvalue weighted by molar-refractivity contribution is -0.0391. The molecule has 2 fully saturated rings. The van der Waals surface area contributed by atoms with Gasteiger partial charge in [0.2, 0.25) is 0 Å². The molecule has 3 rings (SSSR count). The molecule has 2 aliphatic carbocycles. The van der Waals surface area contributed by atoms with Gasteiger partial charge in [0.1, 0.15) is 10.6 Å². The maximum atomic E-state index is 6.11. The van der Waals surface area contributed by atoms with E-state index in [4.69, 9.17) is 9.72 Å². The first kappa shape index (κ1) is 13.5. The summed E-state index contributed by atoms with van der Waals surface area (Å²) in [4.78, 5) is 6.23. The molecule has 3 nitrogen and oxygen atoms in total. The molecule has 1 aromatic rings. The largest absolute Gasteiger partial charge is 0.368 e. The number of rotatable bonds is 6. The van der Waals surface area contributed by atoms with Crippen molar-refractivity contribution in [2.24, 2.45) is 0 Å². The lowest BCUT2D eigenvalue weighted by Gasteiger charge is -2.26. The van der Waals surface area contributed by atoms with E-state index in [-0.39, 0.29) is 5.60 Å². The van der Waals surface area contributed by atoms with E-state index in [2.05, 4.69) is 19.2 Å². The quantitative estimate of drug-likeness (QED) is 0.866. The van der Waals surface area contributed by atoms with Crippen LogP contribution in [-0.4, -0.2) is 17.6 Å². The van der Waals surface area contributed by atoms with Crippen molar-refractivity contribution in [3.8, 4) is 0 Å². The van der Waals surface area contributed by atoms with Crippen LogP contribution in [0.4, 0.5) is 0 Å². The van der Waals surface area contributed by atoms with E-state index >= 15 is 0 Å². The molecule has 0 saturated heterocycles. The summed E-state index contributed by atoms with van der Waals surface area (Å²) < 4.78 is 6.11. The SMILES string of the molecule is CCOC1(c2nc(C)c(CNC3CC3)s2)CCCC1. The number of thiazole rings is 1. The fourth-order valence-electron chi connectivity index (χ4n) is 2.95. The topological polar surface area (TPSA) is 34.1 Å². The molecule has 0 atom stereocenters. The van der Waals surface area contributed by atoms with Crippen molar-refractivity contribution in [3.63, 3.8) is 0 Å². The van der Waals surface area contributed by atoms with Crippen LogP contribution in [0.15, 0.2) is 0 Å². The van der Waals surface area contributed by atoms with E-state index in [1.807, 2.05) is 11.3 Å². The Labute approximate surface area is 119 Å². The molecule has 0 unspecified atom stereocenters. The van der Waals surface area contributed by atoms with Gasteiger partial charge < -0.3 is 10.1 Å². The molecule has 0 aliphatic heterocycles. The standard InChI is InChI=1S/C15H24N2OS/c1-3-18-15(8-4-5-9-15)14-17-11(2)13(19-14)10-16-12-6-7-12/h12,16H,3-10H2,1-2H3. The third kappa shape index (κ3) is 2.86. The van der Waals surface area contributed by atoms with E-state index in [9.17, 15) is 0 Å². The zero-order valence-electron chi connectivity index (χ0n) is 12.0. The fourth-order valence-corrected chi connectivity index (χ4v) is 4.17. The molecule has 1 aromatic heterocycles. The molecule has 0 spiro atoms. The number of nitrogens with zero attached hydrogens (tertiary/aromatic N) is 1. The lowest BCUT2D eigenvalue weighted by atomic mass is 10.0. The molecule has 0 amide bonds. The first-order chi connectivity index (χ1) is 9.23. The van der Waals surface area contributed by atoms with Gasteiger partial charge in [0, 0.05) is 24.1 Å². The van der Waals surface area contributed by atoms with Crippen LogP contribution in [0.1, 0.15) is 61.0 Å². The minimum Gasteiger partial charge on any atom is -0.368 e. The molecular weight excluding hydrogens is 256 g/mol. The van der Waals surface area contributed by atoms with Crippen LogP contribution in [0.3, 0.4) is 0 Å². The maximum absolute atomic E-state index is 6.11. The molecule has 0 radical (unpaired) electrons. The molecule has 19 heavy (non-hydrogen) atoms. The Bertz CT molecular complexity index is 433. The van der Waals surface area contributed by atoms with Gasteiger partial charge in [-0.15, -0.1) is 11.3 Å². The highest BCUT2D eigenvalue weighted by Gasteiger charge is 2.39. The van der Waals surface area contributed by atoms with Crippen molar-refractivity contribution >= 4 is 11.3 Å². The van der Waals surface area contributed by atoms with Crippen molar-refractivity contribution in [1.82, 2.24) is 10.3 Å². The molecule has 0 aromatic carbocycles. The van der Waals surface area contributed by atoms with Gasteiger partial charge in [0.05, 0.1) is 5.69 Å². The first-order valence-electron chi connectivity index (χ1n) is 7.57. The van der Waals surface area contributed by atoms with Gasteiger partial charge in [-0.1, -0.05) is 12.8 Å². The molecule has 0 bridgehead atoms. The van der Waals surface area contributed by atoms with Crippen LogP contribution in [0.25, 0.3) is 0 Å². The average molecular weight is 280 g/mol. The Morgan fingerprint density at radius 1 is 1.37 bits per heavy atom. The predicted octanol–water partition coefficient (Wildman–Crippen LogP) is 3.51. The Balaban J connectivity index is 1.76. The van der Waals surface area contributed by atoms with E-state index in [1.54, 1.807) is 0 Å². The number of aryl methyl sites for hydroxylation is 1. The van der Waals surface area contributed by atoms with Gasteiger partial charge in [0.25, 0.3) is 0 Å².